The van der Waals surface area contributed by atoms with Gasteiger partial charge in [0.25, 0.3) is 11.8 Å². The number of benzene rings is 2. The van der Waals surface area contributed by atoms with Gasteiger partial charge in [-0.05, 0) is 111 Å². The number of aryl methyl sites for hydroxylation is 1. The van der Waals surface area contributed by atoms with Crippen LogP contribution in [0.3, 0.4) is 0 Å². The highest BCUT2D eigenvalue weighted by molar-refractivity contribution is 5.98. The van der Waals surface area contributed by atoms with Gasteiger partial charge in [0.2, 0.25) is 11.8 Å². The third-order valence-corrected chi connectivity index (χ3v) is 13.1. The van der Waals surface area contributed by atoms with E-state index in [4.69, 9.17) is 14.5 Å². The smallest absolute Gasteiger partial charge is 0.324 e. The van der Waals surface area contributed by atoms with Crippen LogP contribution in [0.15, 0.2) is 60.8 Å². The number of hydrazine groups is 1. The van der Waals surface area contributed by atoms with Crippen LogP contribution in [0.2, 0.25) is 0 Å². The number of cyclic esters (lactones) is 1. The van der Waals surface area contributed by atoms with Gasteiger partial charge < -0.3 is 29.2 Å². The number of carbonyl (C=O) groups is 5. The molecule has 4 aromatic rings. The van der Waals surface area contributed by atoms with Crippen molar-refractivity contribution in [2.45, 2.75) is 118 Å². The zero-order chi connectivity index (χ0) is 47.3. The average Bonchev–Trinajstić information content (AvgIpc) is 3.60. The molecule has 1 unspecified atom stereocenters. The molecule has 0 saturated carbocycles. The van der Waals surface area contributed by atoms with E-state index in [1.165, 1.54) is 9.91 Å². The van der Waals surface area contributed by atoms with Gasteiger partial charge >= 0.3 is 5.97 Å². The van der Waals surface area contributed by atoms with Gasteiger partial charge in [0.1, 0.15) is 24.7 Å². The molecule has 2 aromatic carbocycles. The fraction of sp³-hybridized carbons (Fsp3) is 0.500. The first-order valence-corrected chi connectivity index (χ1v) is 23.4. The van der Waals surface area contributed by atoms with E-state index < -0.39 is 47.2 Å². The van der Waals surface area contributed by atoms with Crippen molar-refractivity contribution in [3.05, 3.63) is 77.6 Å². The maximum Gasteiger partial charge on any atom is 0.324 e. The molecule has 0 radical (unpaired) electrons. The quantitative estimate of drug-likeness (QED) is 0.154. The van der Waals surface area contributed by atoms with Crippen molar-refractivity contribution in [3.63, 3.8) is 0 Å². The number of nitrogens with zero attached hydrogens (tertiary/aromatic N) is 5. The number of fused-ring (bicyclic) bond motifs is 6. The van der Waals surface area contributed by atoms with Crippen molar-refractivity contribution in [2.24, 2.45) is 11.3 Å². The van der Waals surface area contributed by atoms with Gasteiger partial charge in [0, 0.05) is 67.8 Å². The lowest BCUT2D eigenvalue weighted by molar-refractivity contribution is -0.155. The first-order chi connectivity index (χ1) is 31.6. The number of pyridine rings is 1. The van der Waals surface area contributed by atoms with Crippen LogP contribution in [-0.2, 0) is 52.8 Å². The average molecular weight is 900 g/mol. The molecule has 0 spiro atoms. The Kier molecular flexibility index (Phi) is 15.0. The van der Waals surface area contributed by atoms with Crippen LogP contribution in [-0.4, -0.2) is 112 Å². The lowest BCUT2D eigenvalue weighted by Gasteiger charge is -2.38. The number of hydrogen-bond acceptors (Lipinski definition) is 9. The molecule has 0 aliphatic carbocycles. The SMILES string of the molecule is CC#CC(=O)N1CCCCN(C(C(=O)N[C@H]2Cc3cccc(c3)-c3ccc4c(c3)c(c(-c3cccnc3[C@H](C)OC)n4CC)CC(C)(C)COC(=O)[C@@H]3CCCN(N3)C2=O)C(C)C)C(=O)C1. The van der Waals surface area contributed by atoms with E-state index in [1.54, 1.807) is 25.1 Å². The van der Waals surface area contributed by atoms with E-state index in [0.29, 0.717) is 58.3 Å². The number of nitrogens with one attached hydrogen (secondary N) is 2. The third kappa shape index (κ3) is 10.3. The zero-order valence-corrected chi connectivity index (χ0v) is 39.7. The maximum atomic E-state index is 14.8. The highest BCUT2D eigenvalue weighted by atomic mass is 16.5. The molecule has 7 rings (SSSR count). The number of ether oxygens (including phenoxy) is 2. The molecular weight excluding hydrogens is 835 g/mol. The van der Waals surface area contributed by atoms with Crippen LogP contribution in [0, 0.1) is 23.2 Å². The Morgan fingerprint density at radius 2 is 1.77 bits per heavy atom. The van der Waals surface area contributed by atoms with Crippen LogP contribution in [0.5, 0.6) is 0 Å². The number of rotatable bonds is 8. The minimum absolute atomic E-state index is 0.134. The monoisotopic (exact) mass is 899 g/mol. The van der Waals surface area contributed by atoms with Gasteiger partial charge in [0.05, 0.1) is 24.1 Å². The molecular formula is C52H65N7O7. The van der Waals surface area contributed by atoms with E-state index in [1.807, 2.05) is 39.0 Å². The van der Waals surface area contributed by atoms with Crippen molar-refractivity contribution in [1.82, 2.24) is 35.1 Å². The summed E-state index contributed by atoms with van der Waals surface area (Å²) in [6, 6.07) is 15.8. The van der Waals surface area contributed by atoms with Crippen LogP contribution in [0.4, 0.5) is 0 Å². The van der Waals surface area contributed by atoms with E-state index in [9.17, 15) is 24.0 Å². The minimum atomic E-state index is -1.06. The molecule has 2 aromatic heterocycles. The molecule has 3 aliphatic rings. The van der Waals surface area contributed by atoms with Crippen molar-refractivity contribution < 1.29 is 33.4 Å². The predicted molar refractivity (Wildman–Crippen MR) is 253 cm³/mol. The molecule has 3 aliphatic heterocycles. The Morgan fingerprint density at radius 3 is 2.52 bits per heavy atom. The largest absolute Gasteiger partial charge is 0.464 e. The van der Waals surface area contributed by atoms with Gasteiger partial charge in [-0.3, -0.25) is 34.0 Å². The zero-order valence-electron chi connectivity index (χ0n) is 39.7. The Balaban J connectivity index is 1.30. The predicted octanol–water partition coefficient (Wildman–Crippen LogP) is 6.24. The second kappa shape index (κ2) is 20.6. The molecule has 4 atom stereocenters. The summed E-state index contributed by atoms with van der Waals surface area (Å²) in [6.07, 6.45) is 4.51. The minimum Gasteiger partial charge on any atom is -0.464 e. The fourth-order valence-corrected chi connectivity index (χ4v) is 9.74. The number of carbonyl (C=O) groups excluding carboxylic acids is 5. The molecule has 2 N–H and O–H groups in total. The molecule has 2 saturated heterocycles. The summed E-state index contributed by atoms with van der Waals surface area (Å²) in [5, 5.41) is 5.59. The Hall–Kier alpha value is -6.04. The number of methoxy groups -OCH3 is 1. The number of aromatic nitrogens is 2. The Morgan fingerprint density at radius 1 is 1.00 bits per heavy atom. The highest BCUT2D eigenvalue weighted by Crippen LogP contribution is 2.42. The van der Waals surface area contributed by atoms with Crippen molar-refractivity contribution in [2.75, 3.05) is 39.9 Å². The second-order valence-electron chi connectivity index (χ2n) is 18.9. The molecule has 4 amide bonds. The number of hydrogen-bond donors (Lipinski definition) is 2. The summed E-state index contributed by atoms with van der Waals surface area (Å²) in [6.45, 7) is 15.4. The van der Waals surface area contributed by atoms with Crippen molar-refractivity contribution in [1.29, 1.82) is 0 Å². The summed E-state index contributed by atoms with van der Waals surface area (Å²) in [7, 11) is 1.69. The first-order valence-electron chi connectivity index (χ1n) is 23.4. The standard InChI is InChI=1S/C52H65N7O7/c1-9-16-44(60)56-24-11-12-25-58(45(61)31-56)47(33(3)4)49(62)54-42-28-35-17-13-18-36(27-35)37-21-22-43-39(29-37)40(48(57(43)10-2)38-19-14-23-53-46(38)34(5)65-8)30-52(6,7)32-66-51(64)41-20-15-26-59(55-41)50(42)63/h13-14,17-19,21-23,27,29,33-34,41-42,47,55H,10-12,15,20,24-26,28,30-32H2,1-8H3,(H,54,62)/t34-,41-,42-,47?/m0/s1. The summed E-state index contributed by atoms with van der Waals surface area (Å²) in [4.78, 5) is 77.8. The Labute approximate surface area is 388 Å². The number of esters is 1. The molecule has 2 fully saturated rings. The van der Waals surface area contributed by atoms with Crippen molar-refractivity contribution >= 4 is 40.5 Å². The molecule has 5 heterocycles. The van der Waals surface area contributed by atoms with Crippen LogP contribution in [0.1, 0.15) is 97.1 Å². The fourth-order valence-electron chi connectivity index (χ4n) is 9.74. The molecule has 350 valence electrons. The molecule has 6 bridgehead atoms. The van der Waals surface area contributed by atoms with Crippen molar-refractivity contribution in [3.8, 4) is 34.2 Å². The van der Waals surface area contributed by atoms with Gasteiger partial charge in [-0.1, -0.05) is 63.9 Å². The highest BCUT2D eigenvalue weighted by Gasteiger charge is 2.39. The summed E-state index contributed by atoms with van der Waals surface area (Å²) in [5.41, 5.74) is 10.5. The maximum absolute atomic E-state index is 14.8. The lowest BCUT2D eigenvalue weighted by atomic mass is 9.84. The van der Waals surface area contributed by atoms with Crippen LogP contribution in [0.25, 0.3) is 33.3 Å². The van der Waals surface area contributed by atoms with E-state index >= 15 is 0 Å². The Bertz CT molecular complexity index is 2540. The van der Waals surface area contributed by atoms with E-state index in [0.717, 1.165) is 50.1 Å². The molecule has 14 nitrogen and oxygen atoms in total. The van der Waals surface area contributed by atoms with Gasteiger partial charge in [-0.25, -0.2) is 5.43 Å². The lowest BCUT2D eigenvalue weighted by Crippen LogP contribution is -2.62. The van der Waals surface area contributed by atoms with Crippen LogP contribution >= 0.6 is 0 Å². The molecule has 14 heteroatoms. The van der Waals surface area contributed by atoms with Gasteiger partial charge in [-0.15, -0.1) is 0 Å². The summed E-state index contributed by atoms with van der Waals surface area (Å²) in [5.74, 6) is 2.73. The number of amides is 4. The van der Waals surface area contributed by atoms with Crippen LogP contribution < -0.4 is 10.7 Å². The first kappa shape index (κ1) is 47.9. The van der Waals surface area contributed by atoms with Gasteiger partial charge in [0.15, 0.2) is 0 Å². The van der Waals surface area contributed by atoms with Gasteiger partial charge in [-0.2, -0.15) is 0 Å². The summed E-state index contributed by atoms with van der Waals surface area (Å²) >= 11 is 0. The third-order valence-electron chi connectivity index (χ3n) is 13.1. The topological polar surface area (TPSA) is 155 Å². The van der Waals surface area contributed by atoms with E-state index in [-0.39, 0.29) is 37.5 Å². The summed E-state index contributed by atoms with van der Waals surface area (Å²) < 4.78 is 14.3. The molecule has 66 heavy (non-hydrogen) atoms. The van der Waals surface area contributed by atoms with E-state index in [2.05, 4.69) is 84.3 Å². The second-order valence-corrected chi connectivity index (χ2v) is 18.9. The normalized spacial score (nSPS) is 20.4.